The molecule has 148 valence electrons. The van der Waals surface area contributed by atoms with E-state index in [2.05, 4.69) is 55.5 Å². The van der Waals surface area contributed by atoms with E-state index in [1.807, 2.05) is 41.5 Å². The molecule has 1 aliphatic rings. The van der Waals surface area contributed by atoms with Crippen molar-refractivity contribution in [3.05, 3.63) is 96.1 Å². The van der Waals surface area contributed by atoms with Crippen LogP contribution in [0, 0.1) is 0 Å². The summed E-state index contributed by atoms with van der Waals surface area (Å²) >= 11 is 0. The van der Waals surface area contributed by atoms with Gasteiger partial charge in [-0.25, -0.2) is 5.06 Å². The maximum Gasteiger partial charge on any atom is 0.118 e. The Morgan fingerprint density at radius 3 is 1.89 bits per heavy atom. The second-order valence-electron chi connectivity index (χ2n) is 6.09. The molecular formula is C24H29NO3. The van der Waals surface area contributed by atoms with Gasteiger partial charge in [0.1, 0.15) is 18.4 Å². The molecule has 0 aliphatic carbocycles. The first-order valence-electron chi connectivity index (χ1n) is 9.41. The van der Waals surface area contributed by atoms with Crippen LogP contribution in [0.1, 0.15) is 24.1 Å². The minimum Gasteiger partial charge on any atom is -0.497 e. The average molecular weight is 380 g/mol. The molecule has 4 rings (SSSR count). The zero-order valence-electron chi connectivity index (χ0n) is 16.8. The van der Waals surface area contributed by atoms with Crippen LogP contribution in [0.4, 0.5) is 5.69 Å². The van der Waals surface area contributed by atoms with E-state index in [-0.39, 0.29) is 0 Å². The highest BCUT2D eigenvalue weighted by atomic mass is 16.7. The lowest BCUT2D eigenvalue weighted by Crippen LogP contribution is -2.43. The molecule has 0 saturated carbocycles. The van der Waals surface area contributed by atoms with Gasteiger partial charge in [-0.1, -0.05) is 67.6 Å². The number of methoxy groups -OCH3 is 1. The van der Waals surface area contributed by atoms with Gasteiger partial charge >= 0.3 is 0 Å². The van der Waals surface area contributed by atoms with E-state index in [0.717, 1.165) is 31.6 Å². The van der Waals surface area contributed by atoms with Gasteiger partial charge in [-0.2, -0.15) is 0 Å². The highest BCUT2D eigenvalue weighted by molar-refractivity contribution is 5.48. The topological polar surface area (TPSA) is 41.9 Å². The van der Waals surface area contributed by atoms with Gasteiger partial charge in [0.15, 0.2) is 0 Å². The highest BCUT2D eigenvalue weighted by Gasteiger charge is 2.31. The highest BCUT2D eigenvalue weighted by Crippen LogP contribution is 2.35. The van der Waals surface area contributed by atoms with Crippen LogP contribution in [0.3, 0.4) is 0 Å². The standard InChI is InChI=1S/C15H15NO2.C8H10.CH4O/c1-17-14-9-7-12(8-10-14)15-11-18-16(15)13-5-3-2-4-6-13;1-2-8-6-4-3-5-7-8;1-2/h2-10,15H,11H2,1H3;3-7H,2H2,1H3;2H,1H3. The summed E-state index contributed by atoms with van der Waals surface area (Å²) in [7, 11) is 2.68. The van der Waals surface area contributed by atoms with Crippen molar-refractivity contribution in [2.75, 3.05) is 25.9 Å². The van der Waals surface area contributed by atoms with Crippen LogP contribution in [0.25, 0.3) is 0 Å². The molecule has 1 aliphatic heterocycles. The lowest BCUT2D eigenvalue weighted by atomic mass is 10.0. The fourth-order valence-electron chi connectivity index (χ4n) is 2.82. The first-order valence-corrected chi connectivity index (χ1v) is 9.41. The Bertz CT molecular complexity index is 776. The Balaban J connectivity index is 0.000000236. The molecule has 4 heteroatoms. The second-order valence-corrected chi connectivity index (χ2v) is 6.09. The van der Waals surface area contributed by atoms with Gasteiger partial charge in [-0.05, 0) is 41.8 Å². The van der Waals surface area contributed by atoms with Crippen molar-refractivity contribution in [3.63, 3.8) is 0 Å². The number of ether oxygens (including phenoxy) is 1. The van der Waals surface area contributed by atoms with Crippen molar-refractivity contribution < 1.29 is 14.7 Å². The summed E-state index contributed by atoms with van der Waals surface area (Å²) in [6, 6.07) is 29.0. The van der Waals surface area contributed by atoms with Crippen molar-refractivity contribution >= 4 is 5.69 Å². The summed E-state index contributed by atoms with van der Waals surface area (Å²) < 4.78 is 5.17. The first-order chi connectivity index (χ1) is 13.8. The lowest BCUT2D eigenvalue weighted by Gasteiger charge is -2.41. The maximum absolute atomic E-state index is 7.00. The second kappa shape index (κ2) is 11.8. The molecule has 3 aromatic rings. The first kappa shape index (κ1) is 21.5. The third-order valence-electron chi connectivity index (χ3n) is 4.42. The van der Waals surface area contributed by atoms with E-state index in [0.29, 0.717) is 6.04 Å². The predicted octanol–water partition coefficient (Wildman–Crippen LogP) is 5.05. The number of anilines is 1. The quantitative estimate of drug-likeness (QED) is 0.689. The number of rotatable bonds is 4. The summed E-state index contributed by atoms with van der Waals surface area (Å²) in [4.78, 5) is 5.54. The fourth-order valence-corrected chi connectivity index (χ4v) is 2.82. The molecule has 1 atom stereocenters. The third-order valence-corrected chi connectivity index (χ3v) is 4.42. The number of hydrogen-bond donors (Lipinski definition) is 1. The Labute approximate surface area is 167 Å². The van der Waals surface area contributed by atoms with Crippen LogP contribution < -0.4 is 9.80 Å². The van der Waals surface area contributed by atoms with Gasteiger partial charge in [0, 0.05) is 7.11 Å². The van der Waals surface area contributed by atoms with Crippen LogP contribution in [0.15, 0.2) is 84.9 Å². The van der Waals surface area contributed by atoms with Crippen LogP contribution in [-0.2, 0) is 11.3 Å². The van der Waals surface area contributed by atoms with Crippen molar-refractivity contribution in [2.45, 2.75) is 19.4 Å². The number of para-hydroxylation sites is 1. The number of hydrogen-bond acceptors (Lipinski definition) is 4. The van der Waals surface area contributed by atoms with E-state index >= 15 is 0 Å². The van der Waals surface area contributed by atoms with Crippen molar-refractivity contribution in [1.82, 2.24) is 0 Å². The summed E-state index contributed by atoms with van der Waals surface area (Å²) in [6.07, 6.45) is 1.14. The fraction of sp³-hybridized carbons (Fsp3) is 0.250. The summed E-state index contributed by atoms with van der Waals surface area (Å²) in [5, 5.41) is 8.95. The molecule has 0 amide bonds. The molecule has 0 aromatic heterocycles. The Morgan fingerprint density at radius 2 is 1.46 bits per heavy atom. The summed E-state index contributed by atoms with van der Waals surface area (Å²) in [6.45, 7) is 2.89. The Kier molecular flexibility index (Phi) is 9.05. The summed E-state index contributed by atoms with van der Waals surface area (Å²) in [5.41, 5.74) is 3.74. The number of nitrogens with zero attached hydrogens (tertiary/aromatic N) is 1. The molecular weight excluding hydrogens is 350 g/mol. The predicted molar refractivity (Wildman–Crippen MR) is 115 cm³/mol. The maximum atomic E-state index is 7.00. The smallest absolute Gasteiger partial charge is 0.118 e. The Morgan fingerprint density at radius 1 is 0.893 bits per heavy atom. The average Bonchev–Trinajstić information content (AvgIpc) is 2.77. The van der Waals surface area contributed by atoms with Crippen molar-refractivity contribution in [2.24, 2.45) is 0 Å². The van der Waals surface area contributed by atoms with Gasteiger partial charge < -0.3 is 9.84 Å². The molecule has 0 radical (unpaired) electrons. The van der Waals surface area contributed by atoms with Gasteiger partial charge in [-0.15, -0.1) is 0 Å². The largest absolute Gasteiger partial charge is 0.497 e. The number of hydroxylamine groups is 1. The molecule has 28 heavy (non-hydrogen) atoms. The zero-order valence-corrected chi connectivity index (χ0v) is 16.8. The lowest BCUT2D eigenvalue weighted by molar-refractivity contribution is -0.0260. The van der Waals surface area contributed by atoms with Crippen molar-refractivity contribution in [3.8, 4) is 5.75 Å². The number of aliphatic hydroxyl groups excluding tert-OH is 1. The van der Waals surface area contributed by atoms with Crippen LogP contribution in [-0.4, -0.2) is 25.9 Å². The van der Waals surface area contributed by atoms with Gasteiger partial charge in [0.2, 0.25) is 0 Å². The van der Waals surface area contributed by atoms with Gasteiger partial charge in [-0.3, -0.25) is 4.84 Å². The number of aliphatic hydroxyl groups is 1. The minimum atomic E-state index is 0.290. The SMILES string of the molecule is CCc1ccccc1.CO.COc1ccc(C2CON2c2ccccc2)cc1. The Hall–Kier alpha value is -2.82. The van der Waals surface area contributed by atoms with E-state index in [1.54, 1.807) is 7.11 Å². The van der Waals surface area contributed by atoms with Crippen LogP contribution in [0.2, 0.25) is 0 Å². The zero-order chi connectivity index (χ0) is 20.2. The molecule has 3 aromatic carbocycles. The van der Waals surface area contributed by atoms with E-state index in [4.69, 9.17) is 14.7 Å². The molecule has 0 spiro atoms. The monoisotopic (exact) mass is 379 g/mol. The number of aryl methyl sites for hydroxylation is 1. The van der Waals surface area contributed by atoms with Crippen LogP contribution in [0.5, 0.6) is 5.75 Å². The van der Waals surface area contributed by atoms with E-state index in [9.17, 15) is 0 Å². The molecule has 1 fully saturated rings. The van der Waals surface area contributed by atoms with Crippen LogP contribution >= 0.6 is 0 Å². The number of benzene rings is 3. The van der Waals surface area contributed by atoms with Gasteiger partial charge in [0.25, 0.3) is 0 Å². The third kappa shape index (κ3) is 5.84. The molecule has 1 heterocycles. The van der Waals surface area contributed by atoms with E-state index in [1.165, 1.54) is 11.1 Å². The molecule has 1 saturated heterocycles. The van der Waals surface area contributed by atoms with Gasteiger partial charge in [0.05, 0.1) is 12.8 Å². The van der Waals surface area contributed by atoms with E-state index < -0.39 is 0 Å². The molecule has 1 N–H and O–H groups in total. The molecule has 0 bridgehead atoms. The minimum absolute atomic E-state index is 0.290. The van der Waals surface area contributed by atoms with Crippen molar-refractivity contribution in [1.29, 1.82) is 0 Å². The molecule has 4 nitrogen and oxygen atoms in total. The normalized spacial score (nSPS) is 14.6. The summed E-state index contributed by atoms with van der Waals surface area (Å²) in [5.74, 6) is 0.880. The molecule has 1 unspecified atom stereocenters.